The van der Waals surface area contributed by atoms with Gasteiger partial charge in [-0.15, -0.1) is 6.42 Å². The first-order valence-electron chi connectivity index (χ1n) is 10.4. The van der Waals surface area contributed by atoms with Crippen molar-refractivity contribution in [1.29, 1.82) is 0 Å². The van der Waals surface area contributed by atoms with E-state index in [1.165, 1.54) is 11.3 Å². The van der Waals surface area contributed by atoms with E-state index in [-0.39, 0.29) is 5.91 Å². The fourth-order valence-corrected chi connectivity index (χ4v) is 5.23. The Labute approximate surface area is 190 Å². The average molecular weight is 433 g/mol. The normalized spacial score (nSPS) is 11.8. The zero-order valence-corrected chi connectivity index (χ0v) is 18.1. The van der Waals surface area contributed by atoms with Crippen LogP contribution in [0.4, 0.5) is 0 Å². The molecule has 0 radical (unpaired) electrons. The van der Waals surface area contributed by atoms with Crippen LogP contribution >= 0.6 is 11.3 Å². The van der Waals surface area contributed by atoms with Gasteiger partial charge in [0, 0.05) is 5.39 Å². The van der Waals surface area contributed by atoms with Crippen molar-refractivity contribution in [3.05, 3.63) is 113 Å². The van der Waals surface area contributed by atoms with Gasteiger partial charge in [-0.1, -0.05) is 108 Å². The summed E-state index contributed by atoms with van der Waals surface area (Å²) < 4.78 is 3.04. The summed E-state index contributed by atoms with van der Waals surface area (Å²) in [5.41, 5.74) is 2.83. The van der Waals surface area contributed by atoms with Crippen LogP contribution in [-0.2, 0) is 11.3 Å². The van der Waals surface area contributed by atoms with E-state index in [9.17, 15) is 4.79 Å². The quantitative estimate of drug-likeness (QED) is 0.333. The number of terminal acetylenes is 1. The molecule has 5 aromatic rings. The van der Waals surface area contributed by atoms with Crippen LogP contribution in [0.2, 0.25) is 0 Å². The minimum atomic E-state index is -0.473. The first-order valence-corrected chi connectivity index (χ1v) is 11.2. The van der Waals surface area contributed by atoms with Crippen LogP contribution in [0.5, 0.6) is 0 Å². The first kappa shape index (κ1) is 20.0. The fraction of sp³-hybridized carbons (Fsp3) is 0.0714. The van der Waals surface area contributed by atoms with Crippen molar-refractivity contribution in [2.24, 2.45) is 4.99 Å². The predicted molar refractivity (Wildman–Crippen MR) is 131 cm³/mol. The van der Waals surface area contributed by atoms with Crippen LogP contribution < -0.4 is 4.80 Å². The molecule has 0 fully saturated rings. The topological polar surface area (TPSA) is 34.4 Å². The van der Waals surface area contributed by atoms with Gasteiger partial charge < -0.3 is 4.57 Å². The van der Waals surface area contributed by atoms with Gasteiger partial charge in [0.25, 0.3) is 5.91 Å². The lowest BCUT2D eigenvalue weighted by atomic mass is 9.91. The largest absolute Gasteiger partial charge is 0.305 e. The van der Waals surface area contributed by atoms with Gasteiger partial charge in [0.1, 0.15) is 0 Å². The lowest BCUT2D eigenvalue weighted by Gasteiger charge is -2.14. The number of aromatic nitrogens is 1. The summed E-state index contributed by atoms with van der Waals surface area (Å²) in [6, 6.07) is 31.9. The smallest absolute Gasteiger partial charge is 0.260 e. The van der Waals surface area contributed by atoms with E-state index in [0.29, 0.717) is 11.3 Å². The molecule has 0 spiro atoms. The average Bonchev–Trinajstić information content (AvgIpc) is 3.18. The van der Waals surface area contributed by atoms with E-state index in [2.05, 4.69) is 35.2 Å². The molecule has 4 aromatic carbocycles. The molecule has 1 heterocycles. The lowest BCUT2D eigenvalue weighted by molar-refractivity contribution is -0.118. The maximum absolute atomic E-state index is 13.6. The SMILES string of the molecule is C#CCn1c(=NC(=O)C(c2ccccc2)c2ccccc2)sc2c3ccccc3ccc21. The Kier molecular flexibility index (Phi) is 5.41. The second-order valence-corrected chi connectivity index (χ2v) is 8.49. The third-order valence-electron chi connectivity index (χ3n) is 5.54. The van der Waals surface area contributed by atoms with Gasteiger partial charge in [-0.05, 0) is 22.6 Å². The monoisotopic (exact) mass is 432 g/mol. The molecule has 0 aliphatic carbocycles. The third kappa shape index (κ3) is 3.64. The van der Waals surface area contributed by atoms with E-state index < -0.39 is 5.92 Å². The number of hydrogen-bond acceptors (Lipinski definition) is 2. The molecule has 32 heavy (non-hydrogen) atoms. The van der Waals surface area contributed by atoms with Crippen molar-refractivity contribution < 1.29 is 4.79 Å². The Balaban J connectivity index is 1.71. The number of amides is 1. The maximum Gasteiger partial charge on any atom is 0.260 e. The van der Waals surface area contributed by atoms with Crippen LogP contribution in [0, 0.1) is 12.3 Å². The van der Waals surface area contributed by atoms with Crippen molar-refractivity contribution in [2.75, 3.05) is 0 Å². The molecule has 0 N–H and O–H groups in total. The zero-order chi connectivity index (χ0) is 21.9. The molecule has 0 bridgehead atoms. The standard InChI is InChI=1S/C28H20N2OS/c1-2-19-30-24-18-17-20-11-9-10-16-23(20)26(24)32-28(30)29-27(31)25(21-12-5-3-6-13-21)22-14-7-4-8-15-22/h1,3-18,25H,19H2. The Morgan fingerprint density at radius 2 is 1.50 bits per heavy atom. The van der Waals surface area contributed by atoms with Crippen molar-refractivity contribution in [3.8, 4) is 12.3 Å². The molecular formula is C28H20N2OS. The molecule has 1 amide bonds. The Morgan fingerprint density at radius 3 is 2.16 bits per heavy atom. The van der Waals surface area contributed by atoms with Gasteiger partial charge >= 0.3 is 0 Å². The van der Waals surface area contributed by atoms with Gasteiger partial charge in [0.05, 0.1) is 22.7 Å². The number of fused-ring (bicyclic) bond motifs is 3. The lowest BCUT2D eigenvalue weighted by Crippen LogP contribution is -2.20. The summed E-state index contributed by atoms with van der Waals surface area (Å²) >= 11 is 1.51. The maximum atomic E-state index is 13.6. The van der Waals surface area contributed by atoms with Gasteiger partial charge in [-0.3, -0.25) is 4.79 Å². The van der Waals surface area contributed by atoms with E-state index in [1.54, 1.807) is 0 Å². The highest BCUT2D eigenvalue weighted by Gasteiger charge is 2.22. The van der Waals surface area contributed by atoms with Crippen molar-refractivity contribution >= 4 is 38.2 Å². The van der Waals surface area contributed by atoms with E-state index in [4.69, 9.17) is 6.42 Å². The van der Waals surface area contributed by atoms with E-state index >= 15 is 0 Å². The summed E-state index contributed by atoms with van der Waals surface area (Å²) in [7, 11) is 0. The van der Waals surface area contributed by atoms with E-state index in [0.717, 1.165) is 32.1 Å². The van der Waals surface area contributed by atoms with Crippen LogP contribution in [-0.4, -0.2) is 10.5 Å². The number of carbonyl (C=O) groups is 1. The third-order valence-corrected chi connectivity index (χ3v) is 6.67. The molecule has 154 valence electrons. The molecular weight excluding hydrogens is 412 g/mol. The minimum absolute atomic E-state index is 0.205. The predicted octanol–water partition coefficient (Wildman–Crippen LogP) is 5.75. The Bertz CT molecular complexity index is 1480. The number of carbonyl (C=O) groups excluding carboxylic acids is 1. The molecule has 0 saturated carbocycles. The molecule has 0 aliphatic heterocycles. The summed E-state index contributed by atoms with van der Waals surface area (Å²) in [4.78, 5) is 18.8. The highest BCUT2D eigenvalue weighted by Crippen LogP contribution is 2.29. The summed E-state index contributed by atoms with van der Waals surface area (Å²) in [6.07, 6.45) is 5.67. The molecule has 4 heteroatoms. The van der Waals surface area contributed by atoms with Crippen LogP contribution in [0.3, 0.4) is 0 Å². The van der Waals surface area contributed by atoms with Crippen molar-refractivity contribution in [1.82, 2.24) is 4.57 Å². The summed E-state index contributed by atoms with van der Waals surface area (Å²) in [6.45, 7) is 0.353. The van der Waals surface area contributed by atoms with E-state index in [1.807, 2.05) is 77.4 Å². The van der Waals surface area contributed by atoms with Gasteiger partial charge in [-0.2, -0.15) is 4.99 Å². The Hall–Kier alpha value is -3.94. The molecule has 5 rings (SSSR count). The molecule has 3 nitrogen and oxygen atoms in total. The highest BCUT2D eigenvalue weighted by molar-refractivity contribution is 7.17. The van der Waals surface area contributed by atoms with Gasteiger partial charge in [0.15, 0.2) is 4.80 Å². The van der Waals surface area contributed by atoms with Crippen LogP contribution in [0.25, 0.3) is 21.0 Å². The number of nitrogens with zero attached hydrogens (tertiary/aromatic N) is 2. The zero-order valence-electron chi connectivity index (χ0n) is 17.3. The minimum Gasteiger partial charge on any atom is -0.305 e. The molecule has 0 unspecified atom stereocenters. The van der Waals surface area contributed by atoms with Gasteiger partial charge in [-0.25, -0.2) is 0 Å². The highest BCUT2D eigenvalue weighted by atomic mass is 32.1. The second kappa shape index (κ2) is 8.66. The number of hydrogen-bond donors (Lipinski definition) is 0. The van der Waals surface area contributed by atoms with Crippen molar-refractivity contribution in [3.63, 3.8) is 0 Å². The van der Waals surface area contributed by atoms with Crippen LogP contribution in [0.15, 0.2) is 102 Å². The molecule has 0 saturated heterocycles. The van der Waals surface area contributed by atoms with Crippen LogP contribution in [0.1, 0.15) is 17.0 Å². The molecule has 0 aliphatic rings. The number of thiazole rings is 1. The molecule has 0 atom stereocenters. The molecule has 1 aromatic heterocycles. The first-order chi connectivity index (χ1) is 15.8. The van der Waals surface area contributed by atoms with Gasteiger partial charge in [0.2, 0.25) is 0 Å². The second-order valence-electron chi connectivity index (χ2n) is 7.51. The van der Waals surface area contributed by atoms with Crippen molar-refractivity contribution in [2.45, 2.75) is 12.5 Å². The summed E-state index contributed by atoms with van der Waals surface area (Å²) in [5.74, 6) is 2.04. The Morgan fingerprint density at radius 1 is 0.875 bits per heavy atom. The summed E-state index contributed by atoms with van der Waals surface area (Å²) in [5, 5.41) is 2.29. The fourth-order valence-electron chi connectivity index (χ4n) is 4.06. The number of rotatable bonds is 4. The number of benzene rings is 4.